The van der Waals surface area contributed by atoms with E-state index in [2.05, 4.69) is 30.7 Å². The van der Waals surface area contributed by atoms with Crippen LogP contribution in [0.5, 0.6) is 5.75 Å². The molecule has 11 heteroatoms. The fourth-order valence-corrected chi connectivity index (χ4v) is 5.84. The molecule has 0 unspecified atom stereocenters. The summed E-state index contributed by atoms with van der Waals surface area (Å²) >= 11 is 1.51. The Balaban J connectivity index is 1.41. The quantitative estimate of drug-likeness (QED) is 0.505. The zero-order valence-electron chi connectivity index (χ0n) is 18.0. The van der Waals surface area contributed by atoms with Crippen LogP contribution in [0.4, 0.5) is 18.3 Å². The summed E-state index contributed by atoms with van der Waals surface area (Å²) in [6.07, 6.45) is -4.83. The van der Waals surface area contributed by atoms with Crippen molar-refractivity contribution in [1.29, 1.82) is 0 Å². The minimum absolute atomic E-state index is 0.0725. The largest absolute Gasteiger partial charge is 0.573 e. The highest BCUT2D eigenvalue weighted by atomic mass is 32.2. The Morgan fingerprint density at radius 2 is 1.64 bits per heavy atom. The van der Waals surface area contributed by atoms with Gasteiger partial charge in [-0.05, 0) is 55.3 Å². The van der Waals surface area contributed by atoms with Crippen LogP contribution in [0.3, 0.4) is 0 Å². The van der Waals surface area contributed by atoms with Gasteiger partial charge in [0.05, 0.1) is 10.6 Å². The highest BCUT2D eigenvalue weighted by Gasteiger charge is 2.32. The molecular weight excluding hydrogens is 475 g/mol. The number of alkyl halides is 3. The molecule has 1 aromatic heterocycles. The van der Waals surface area contributed by atoms with Gasteiger partial charge in [0.1, 0.15) is 5.75 Å². The van der Waals surface area contributed by atoms with Crippen molar-refractivity contribution in [2.75, 3.05) is 31.1 Å². The van der Waals surface area contributed by atoms with Gasteiger partial charge in [0, 0.05) is 37.1 Å². The number of piperazine rings is 1. The van der Waals surface area contributed by atoms with Gasteiger partial charge in [-0.2, -0.15) is 4.31 Å². The van der Waals surface area contributed by atoms with Crippen LogP contribution in [0, 0.1) is 13.8 Å². The molecule has 176 valence electrons. The van der Waals surface area contributed by atoms with Crippen molar-refractivity contribution in [3.05, 3.63) is 59.0 Å². The molecule has 1 aliphatic heterocycles. The summed E-state index contributed by atoms with van der Waals surface area (Å²) in [6.45, 7) is 5.55. The normalized spacial score (nSPS) is 15.6. The molecule has 4 rings (SSSR count). The van der Waals surface area contributed by atoms with Crippen LogP contribution in [0.25, 0.3) is 11.3 Å². The van der Waals surface area contributed by atoms with Crippen molar-refractivity contribution in [2.45, 2.75) is 25.1 Å². The number of anilines is 1. The molecule has 1 fully saturated rings. The van der Waals surface area contributed by atoms with Crippen molar-refractivity contribution < 1.29 is 26.3 Å². The van der Waals surface area contributed by atoms with Gasteiger partial charge in [-0.3, -0.25) is 0 Å². The van der Waals surface area contributed by atoms with E-state index in [1.807, 2.05) is 16.3 Å². The van der Waals surface area contributed by atoms with Crippen molar-refractivity contribution in [3.8, 4) is 17.0 Å². The third-order valence-corrected chi connectivity index (χ3v) is 8.31. The number of thiazole rings is 1. The van der Waals surface area contributed by atoms with Gasteiger partial charge < -0.3 is 9.64 Å². The van der Waals surface area contributed by atoms with E-state index in [-0.39, 0.29) is 18.0 Å². The number of rotatable bonds is 5. The topological polar surface area (TPSA) is 62.7 Å². The first-order valence-corrected chi connectivity index (χ1v) is 12.5. The Morgan fingerprint density at radius 1 is 0.970 bits per heavy atom. The first-order valence-electron chi connectivity index (χ1n) is 10.2. The van der Waals surface area contributed by atoms with Crippen LogP contribution < -0.4 is 9.64 Å². The van der Waals surface area contributed by atoms with Crippen LogP contribution in [0.2, 0.25) is 0 Å². The van der Waals surface area contributed by atoms with E-state index in [1.165, 1.54) is 26.8 Å². The summed E-state index contributed by atoms with van der Waals surface area (Å²) in [5.74, 6) is -0.463. The standard InChI is InChI=1S/C22H22F3N3O3S2/c1-15-3-4-17(13-16(15)2)20-14-32-21(26-20)27-9-11-28(12-10-27)33(29,30)19-7-5-18(6-8-19)31-22(23,24)25/h3-8,13-14H,9-12H2,1-2H3. The molecule has 2 aromatic carbocycles. The molecule has 2 heterocycles. The predicted molar refractivity (Wildman–Crippen MR) is 121 cm³/mol. The van der Waals surface area contributed by atoms with Gasteiger partial charge in [0.2, 0.25) is 10.0 Å². The average molecular weight is 498 g/mol. The molecule has 1 saturated heterocycles. The maximum atomic E-state index is 12.9. The summed E-state index contributed by atoms with van der Waals surface area (Å²) in [5.41, 5.74) is 4.34. The third-order valence-electron chi connectivity index (χ3n) is 5.50. The highest BCUT2D eigenvalue weighted by molar-refractivity contribution is 7.89. The molecule has 0 atom stereocenters. The Labute approximate surface area is 194 Å². The summed E-state index contributed by atoms with van der Waals surface area (Å²) < 4.78 is 67.9. The van der Waals surface area contributed by atoms with Crippen molar-refractivity contribution in [2.24, 2.45) is 0 Å². The Kier molecular flexibility index (Phi) is 6.39. The van der Waals surface area contributed by atoms with E-state index in [4.69, 9.17) is 4.98 Å². The van der Waals surface area contributed by atoms with Gasteiger partial charge in [-0.15, -0.1) is 24.5 Å². The van der Waals surface area contributed by atoms with Gasteiger partial charge in [-0.25, -0.2) is 13.4 Å². The number of nitrogens with zero attached hydrogens (tertiary/aromatic N) is 3. The van der Waals surface area contributed by atoms with Gasteiger partial charge in [0.15, 0.2) is 5.13 Å². The summed E-state index contributed by atoms with van der Waals surface area (Å²) in [4.78, 5) is 6.70. The lowest BCUT2D eigenvalue weighted by molar-refractivity contribution is -0.274. The molecule has 0 amide bonds. The first-order chi connectivity index (χ1) is 15.5. The number of sulfonamides is 1. The summed E-state index contributed by atoms with van der Waals surface area (Å²) in [6, 6.07) is 10.5. The molecule has 0 N–H and O–H groups in total. The van der Waals surface area contributed by atoms with Crippen LogP contribution in [0.1, 0.15) is 11.1 Å². The summed E-state index contributed by atoms with van der Waals surface area (Å²) in [5, 5.41) is 2.82. The first kappa shape index (κ1) is 23.5. The molecule has 3 aromatic rings. The van der Waals surface area contributed by atoms with Gasteiger partial charge in [0.25, 0.3) is 0 Å². The minimum atomic E-state index is -4.83. The molecule has 0 saturated carbocycles. The van der Waals surface area contributed by atoms with E-state index in [1.54, 1.807) is 0 Å². The zero-order chi connectivity index (χ0) is 23.8. The molecule has 0 radical (unpaired) electrons. The molecule has 0 bridgehead atoms. The Bertz CT molecular complexity index is 1230. The number of halogens is 3. The number of ether oxygens (including phenoxy) is 1. The van der Waals surface area contributed by atoms with Crippen LogP contribution in [0.15, 0.2) is 52.7 Å². The SMILES string of the molecule is Cc1ccc(-c2csc(N3CCN(S(=O)(=O)c4ccc(OC(F)(F)F)cc4)CC3)n2)cc1C. The lowest BCUT2D eigenvalue weighted by atomic mass is 10.1. The van der Waals surface area contributed by atoms with Crippen LogP contribution >= 0.6 is 11.3 Å². The zero-order valence-corrected chi connectivity index (χ0v) is 19.6. The molecule has 1 aliphatic rings. The maximum absolute atomic E-state index is 12.9. The number of aromatic nitrogens is 1. The van der Waals surface area contributed by atoms with Gasteiger partial charge in [-0.1, -0.05) is 12.1 Å². The van der Waals surface area contributed by atoms with E-state index < -0.39 is 22.1 Å². The molecule has 6 nitrogen and oxygen atoms in total. The number of hydrogen-bond acceptors (Lipinski definition) is 6. The average Bonchev–Trinajstić information content (AvgIpc) is 3.25. The van der Waals surface area contributed by atoms with Crippen molar-refractivity contribution in [3.63, 3.8) is 0 Å². The molecular formula is C22H22F3N3O3S2. The van der Waals surface area contributed by atoms with Crippen LogP contribution in [-0.4, -0.2) is 50.2 Å². The fourth-order valence-electron chi connectivity index (χ4n) is 3.52. The molecule has 0 aliphatic carbocycles. The molecule has 33 heavy (non-hydrogen) atoms. The van der Waals surface area contributed by atoms with Crippen molar-refractivity contribution >= 4 is 26.5 Å². The highest BCUT2D eigenvalue weighted by Crippen LogP contribution is 2.30. The van der Waals surface area contributed by atoms with Crippen molar-refractivity contribution in [1.82, 2.24) is 9.29 Å². The predicted octanol–water partition coefficient (Wildman–Crippen LogP) is 4.84. The minimum Gasteiger partial charge on any atom is -0.406 e. The van der Waals surface area contributed by atoms with E-state index in [0.29, 0.717) is 13.1 Å². The van der Waals surface area contributed by atoms with Crippen LogP contribution in [-0.2, 0) is 10.0 Å². The van der Waals surface area contributed by atoms with E-state index >= 15 is 0 Å². The lowest BCUT2D eigenvalue weighted by Gasteiger charge is -2.33. The van der Waals surface area contributed by atoms with Gasteiger partial charge >= 0.3 is 6.36 Å². The second-order valence-electron chi connectivity index (χ2n) is 7.72. The lowest BCUT2D eigenvalue weighted by Crippen LogP contribution is -2.48. The molecule has 0 spiro atoms. The van der Waals surface area contributed by atoms with E-state index in [9.17, 15) is 21.6 Å². The Morgan fingerprint density at radius 3 is 2.24 bits per heavy atom. The fraction of sp³-hybridized carbons (Fsp3) is 0.318. The summed E-state index contributed by atoms with van der Waals surface area (Å²) in [7, 11) is -3.82. The Hall–Kier alpha value is -2.63. The number of aryl methyl sites for hydroxylation is 2. The monoisotopic (exact) mass is 497 g/mol. The second-order valence-corrected chi connectivity index (χ2v) is 10.5. The second kappa shape index (κ2) is 8.96. The van der Waals surface area contributed by atoms with E-state index in [0.717, 1.165) is 40.7 Å². The smallest absolute Gasteiger partial charge is 0.406 e. The third kappa shape index (κ3) is 5.31. The number of hydrogen-bond donors (Lipinski definition) is 0. The maximum Gasteiger partial charge on any atom is 0.573 e. The number of benzene rings is 2.